The highest BCUT2D eigenvalue weighted by Crippen LogP contribution is 2.40. The van der Waals surface area contributed by atoms with Gasteiger partial charge in [-0.25, -0.2) is 4.79 Å². The van der Waals surface area contributed by atoms with Gasteiger partial charge in [-0.3, -0.25) is 0 Å². The van der Waals surface area contributed by atoms with Crippen molar-refractivity contribution in [3.8, 4) is 0 Å². The quantitative estimate of drug-likeness (QED) is 0.351. The molecule has 0 fully saturated rings. The first kappa shape index (κ1) is 20.7. The fourth-order valence-corrected chi connectivity index (χ4v) is 5.70. The molecule has 4 aromatic carbocycles. The molecule has 0 saturated heterocycles. The van der Waals surface area contributed by atoms with E-state index in [1.165, 1.54) is 22.3 Å². The van der Waals surface area contributed by atoms with Crippen LogP contribution < -0.4 is 0 Å². The number of amides is 2. The molecule has 2 aliphatic rings. The van der Waals surface area contributed by atoms with E-state index < -0.39 is 0 Å². The van der Waals surface area contributed by atoms with Gasteiger partial charge in [0.05, 0.1) is 12.1 Å². The van der Waals surface area contributed by atoms with Crippen molar-refractivity contribution in [3.63, 3.8) is 0 Å². The highest BCUT2D eigenvalue weighted by Gasteiger charge is 2.39. The van der Waals surface area contributed by atoms with E-state index in [1.54, 1.807) is 0 Å². The monoisotopic (exact) mass is 444 g/mol. The lowest BCUT2D eigenvalue weighted by molar-refractivity contribution is 0.123. The smallest absolute Gasteiger partial charge is 0.313 e. The predicted molar refractivity (Wildman–Crippen MR) is 136 cm³/mol. The second kappa shape index (κ2) is 8.83. The molecule has 34 heavy (non-hydrogen) atoms. The maximum absolute atomic E-state index is 14.4. The van der Waals surface area contributed by atoms with Crippen molar-refractivity contribution in [2.24, 2.45) is 0 Å². The highest BCUT2D eigenvalue weighted by atomic mass is 16.2. The van der Waals surface area contributed by atoms with Gasteiger partial charge in [-0.15, -0.1) is 0 Å². The largest absolute Gasteiger partial charge is 0.321 e. The van der Waals surface area contributed by atoms with Crippen molar-refractivity contribution in [2.45, 2.75) is 24.9 Å². The fourth-order valence-electron chi connectivity index (χ4n) is 5.70. The standard InChI is InChI=1S/C31H28N2O/c34-31(32-21-19-23-11-7-9-17-27(23)29(32)25-13-3-1-4-14-25)33-22-20-24-12-8-10-18-28(24)30(33)26-15-5-2-6-16-26/h1-18,29-30H,19-22H2/t29-,30-/m0/s1. The molecule has 168 valence electrons. The summed E-state index contributed by atoms with van der Waals surface area (Å²) in [5.74, 6) is 0. The van der Waals surface area contributed by atoms with E-state index in [2.05, 4.69) is 107 Å². The Bertz CT molecular complexity index is 1200. The second-order valence-corrected chi connectivity index (χ2v) is 9.19. The normalized spacial score (nSPS) is 19.3. The van der Waals surface area contributed by atoms with Crippen LogP contribution in [0.15, 0.2) is 109 Å². The zero-order valence-corrected chi connectivity index (χ0v) is 19.2. The van der Waals surface area contributed by atoms with Crippen molar-refractivity contribution in [1.82, 2.24) is 9.80 Å². The molecule has 0 saturated carbocycles. The van der Waals surface area contributed by atoms with E-state index in [-0.39, 0.29) is 18.1 Å². The molecule has 3 nitrogen and oxygen atoms in total. The summed E-state index contributed by atoms with van der Waals surface area (Å²) < 4.78 is 0. The molecule has 2 atom stereocenters. The number of carbonyl (C=O) groups excluding carboxylic acids is 1. The Morgan fingerprint density at radius 1 is 0.529 bits per heavy atom. The third-order valence-corrected chi connectivity index (χ3v) is 7.29. The van der Waals surface area contributed by atoms with Crippen LogP contribution in [-0.4, -0.2) is 28.9 Å². The van der Waals surface area contributed by atoms with Gasteiger partial charge in [0.25, 0.3) is 0 Å². The molecule has 4 aromatic rings. The van der Waals surface area contributed by atoms with Gasteiger partial charge >= 0.3 is 6.03 Å². The molecule has 0 unspecified atom stereocenters. The van der Waals surface area contributed by atoms with Gasteiger partial charge in [-0.05, 0) is 46.2 Å². The maximum atomic E-state index is 14.4. The van der Waals surface area contributed by atoms with E-state index in [0.717, 1.165) is 37.1 Å². The molecule has 0 aliphatic carbocycles. The highest BCUT2D eigenvalue weighted by molar-refractivity contribution is 5.78. The minimum absolute atomic E-state index is 0.0766. The zero-order valence-electron chi connectivity index (χ0n) is 19.2. The number of carbonyl (C=O) groups is 1. The van der Waals surface area contributed by atoms with Crippen LogP contribution in [0.1, 0.15) is 45.5 Å². The predicted octanol–water partition coefficient (Wildman–Crippen LogP) is 6.40. The second-order valence-electron chi connectivity index (χ2n) is 9.19. The van der Waals surface area contributed by atoms with Crippen LogP contribution in [0.4, 0.5) is 4.79 Å². The zero-order chi connectivity index (χ0) is 22.9. The third kappa shape index (κ3) is 3.58. The Kier molecular flexibility index (Phi) is 5.38. The average molecular weight is 445 g/mol. The fraction of sp³-hybridized carbons (Fsp3) is 0.194. The number of benzene rings is 4. The van der Waals surface area contributed by atoms with E-state index >= 15 is 0 Å². The summed E-state index contributed by atoms with van der Waals surface area (Å²) in [5, 5.41) is 0. The van der Waals surface area contributed by atoms with Crippen molar-refractivity contribution < 1.29 is 4.79 Å². The van der Waals surface area contributed by atoms with Gasteiger partial charge < -0.3 is 9.80 Å². The SMILES string of the molecule is O=C(N1CCc2ccccc2[C@@H]1c1ccccc1)N1CCc2ccccc2[C@@H]1c1ccccc1. The lowest BCUT2D eigenvalue weighted by Crippen LogP contribution is -2.51. The lowest BCUT2D eigenvalue weighted by Gasteiger charge is -2.44. The Morgan fingerprint density at radius 2 is 0.912 bits per heavy atom. The van der Waals surface area contributed by atoms with Gasteiger partial charge in [0.15, 0.2) is 0 Å². The molecular weight excluding hydrogens is 416 g/mol. The molecule has 2 heterocycles. The van der Waals surface area contributed by atoms with Gasteiger partial charge in [0, 0.05) is 13.1 Å². The Labute approximate surface area is 201 Å². The molecule has 0 radical (unpaired) electrons. The number of hydrogen-bond acceptors (Lipinski definition) is 1. The summed E-state index contributed by atoms with van der Waals surface area (Å²) in [6, 6.07) is 38.1. The summed E-state index contributed by atoms with van der Waals surface area (Å²) in [4.78, 5) is 18.6. The van der Waals surface area contributed by atoms with Crippen LogP contribution in [0, 0.1) is 0 Å². The number of nitrogens with zero attached hydrogens (tertiary/aromatic N) is 2. The summed E-state index contributed by atoms with van der Waals surface area (Å²) in [6.07, 6.45) is 1.76. The first-order valence-electron chi connectivity index (χ1n) is 12.1. The molecule has 6 rings (SSSR count). The third-order valence-electron chi connectivity index (χ3n) is 7.29. The van der Waals surface area contributed by atoms with Gasteiger partial charge in [-0.2, -0.15) is 0 Å². The van der Waals surface area contributed by atoms with Crippen LogP contribution in [0.25, 0.3) is 0 Å². The molecule has 2 amide bonds. The minimum Gasteiger partial charge on any atom is -0.313 e. The Hall–Kier alpha value is -3.85. The van der Waals surface area contributed by atoms with Gasteiger partial charge in [0.2, 0.25) is 0 Å². The van der Waals surface area contributed by atoms with Crippen LogP contribution >= 0.6 is 0 Å². The molecule has 0 spiro atoms. The van der Waals surface area contributed by atoms with Gasteiger partial charge in [-0.1, -0.05) is 109 Å². The van der Waals surface area contributed by atoms with E-state index in [0.29, 0.717) is 0 Å². The maximum Gasteiger partial charge on any atom is 0.321 e. The Morgan fingerprint density at radius 3 is 1.35 bits per heavy atom. The topological polar surface area (TPSA) is 23.6 Å². The first-order valence-corrected chi connectivity index (χ1v) is 12.1. The van der Waals surface area contributed by atoms with Crippen molar-refractivity contribution in [3.05, 3.63) is 143 Å². The van der Waals surface area contributed by atoms with Crippen molar-refractivity contribution in [2.75, 3.05) is 13.1 Å². The summed E-state index contributed by atoms with van der Waals surface area (Å²) >= 11 is 0. The molecule has 2 aliphatic heterocycles. The molecule has 0 bridgehead atoms. The lowest BCUT2D eigenvalue weighted by atomic mass is 9.87. The average Bonchev–Trinajstić information content (AvgIpc) is 2.92. The van der Waals surface area contributed by atoms with Crippen LogP contribution in [0.3, 0.4) is 0 Å². The van der Waals surface area contributed by atoms with E-state index in [9.17, 15) is 4.79 Å². The van der Waals surface area contributed by atoms with E-state index in [4.69, 9.17) is 0 Å². The first-order chi connectivity index (χ1) is 16.8. The van der Waals surface area contributed by atoms with Crippen LogP contribution in [-0.2, 0) is 12.8 Å². The molecule has 3 heteroatoms. The van der Waals surface area contributed by atoms with Crippen LogP contribution in [0.5, 0.6) is 0 Å². The van der Waals surface area contributed by atoms with E-state index in [1.807, 2.05) is 12.1 Å². The number of rotatable bonds is 2. The molecule has 0 aromatic heterocycles. The molecular formula is C31H28N2O. The molecule has 0 N–H and O–H groups in total. The van der Waals surface area contributed by atoms with Crippen LogP contribution in [0.2, 0.25) is 0 Å². The Balaban J connectivity index is 1.44. The minimum atomic E-state index is -0.0766. The van der Waals surface area contributed by atoms with Crippen molar-refractivity contribution >= 4 is 6.03 Å². The van der Waals surface area contributed by atoms with Crippen molar-refractivity contribution in [1.29, 1.82) is 0 Å². The summed E-state index contributed by atoms with van der Waals surface area (Å²) in [6.45, 7) is 1.43. The number of hydrogen-bond donors (Lipinski definition) is 0. The summed E-state index contributed by atoms with van der Waals surface area (Å²) in [5.41, 5.74) is 7.48. The summed E-state index contributed by atoms with van der Waals surface area (Å²) in [7, 11) is 0. The number of fused-ring (bicyclic) bond motifs is 2. The van der Waals surface area contributed by atoms with Gasteiger partial charge in [0.1, 0.15) is 0 Å². The number of urea groups is 1.